The molecule has 0 spiro atoms. The number of hydrogen-bond acceptors (Lipinski definition) is 0. The maximum Gasteiger partial charge on any atom is 0.123 e. The summed E-state index contributed by atoms with van der Waals surface area (Å²) in [4.78, 5) is 0. The van der Waals surface area contributed by atoms with Crippen LogP contribution in [-0.2, 0) is 13.0 Å². The highest BCUT2D eigenvalue weighted by molar-refractivity contribution is 5.56. The Labute approximate surface area is 107 Å². The largest absolute Gasteiger partial charge is 0.343 e. The highest BCUT2D eigenvalue weighted by Gasteiger charge is 2.13. The third-order valence-corrected chi connectivity index (χ3v) is 3.52. The normalized spacial score (nSPS) is 13.7. The van der Waals surface area contributed by atoms with Gasteiger partial charge in [-0.05, 0) is 54.7 Å². The molecular formula is C16H16FN. The van der Waals surface area contributed by atoms with Crippen LogP contribution in [0.4, 0.5) is 4.39 Å². The quantitative estimate of drug-likeness (QED) is 0.750. The topological polar surface area (TPSA) is 4.93 Å². The van der Waals surface area contributed by atoms with Gasteiger partial charge in [-0.25, -0.2) is 4.39 Å². The van der Waals surface area contributed by atoms with Crippen molar-refractivity contribution in [1.29, 1.82) is 0 Å². The lowest BCUT2D eigenvalue weighted by Crippen LogP contribution is -2.03. The van der Waals surface area contributed by atoms with Crippen LogP contribution in [0.5, 0.6) is 0 Å². The van der Waals surface area contributed by atoms with Crippen LogP contribution in [0, 0.1) is 12.7 Å². The minimum absolute atomic E-state index is 0.166. The van der Waals surface area contributed by atoms with E-state index >= 15 is 0 Å². The smallest absolute Gasteiger partial charge is 0.123 e. The number of benzene rings is 1. The van der Waals surface area contributed by atoms with Crippen LogP contribution in [0.15, 0.2) is 36.5 Å². The van der Waals surface area contributed by atoms with Gasteiger partial charge in [0.1, 0.15) is 5.82 Å². The Kier molecular flexibility index (Phi) is 2.78. The van der Waals surface area contributed by atoms with E-state index in [2.05, 4.69) is 29.8 Å². The van der Waals surface area contributed by atoms with E-state index in [4.69, 9.17) is 0 Å². The minimum Gasteiger partial charge on any atom is -0.343 e. The zero-order valence-corrected chi connectivity index (χ0v) is 10.5. The van der Waals surface area contributed by atoms with E-state index in [1.807, 2.05) is 6.07 Å². The van der Waals surface area contributed by atoms with Gasteiger partial charge in [-0.3, -0.25) is 0 Å². The molecule has 3 rings (SSSR count). The summed E-state index contributed by atoms with van der Waals surface area (Å²) < 4.78 is 15.4. The van der Waals surface area contributed by atoms with Gasteiger partial charge in [-0.2, -0.15) is 0 Å². The summed E-state index contributed by atoms with van der Waals surface area (Å²) in [7, 11) is 0. The van der Waals surface area contributed by atoms with E-state index in [1.54, 1.807) is 12.1 Å². The summed E-state index contributed by atoms with van der Waals surface area (Å²) >= 11 is 0. The zero-order chi connectivity index (χ0) is 12.5. The molecule has 18 heavy (non-hydrogen) atoms. The van der Waals surface area contributed by atoms with Crippen molar-refractivity contribution in [2.75, 3.05) is 0 Å². The van der Waals surface area contributed by atoms with Crippen molar-refractivity contribution >= 4 is 6.08 Å². The average Bonchev–Trinajstić information content (AvgIpc) is 2.67. The molecule has 0 saturated carbocycles. The van der Waals surface area contributed by atoms with Crippen molar-refractivity contribution in [2.45, 2.75) is 26.3 Å². The molecule has 1 aromatic heterocycles. The molecule has 1 aliphatic rings. The third kappa shape index (κ3) is 1.99. The van der Waals surface area contributed by atoms with Crippen molar-refractivity contribution in [3.05, 3.63) is 64.7 Å². The summed E-state index contributed by atoms with van der Waals surface area (Å²) in [5.74, 6) is -0.166. The van der Waals surface area contributed by atoms with Crippen molar-refractivity contribution in [1.82, 2.24) is 4.57 Å². The molecule has 0 N–H and O–H groups in total. The first kappa shape index (κ1) is 11.3. The monoisotopic (exact) mass is 241 g/mol. The van der Waals surface area contributed by atoms with Gasteiger partial charge in [0.2, 0.25) is 0 Å². The number of allylic oxidation sites excluding steroid dienone is 1. The van der Waals surface area contributed by atoms with E-state index in [0.29, 0.717) is 0 Å². The molecule has 0 aliphatic heterocycles. The van der Waals surface area contributed by atoms with Crippen molar-refractivity contribution < 1.29 is 4.39 Å². The van der Waals surface area contributed by atoms with Crippen LogP contribution in [-0.4, -0.2) is 4.57 Å². The van der Waals surface area contributed by atoms with Crippen LogP contribution < -0.4 is 0 Å². The van der Waals surface area contributed by atoms with Crippen molar-refractivity contribution in [3.8, 4) is 0 Å². The summed E-state index contributed by atoms with van der Waals surface area (Å²) in [6.45, 7) is 2.89. The van der Waals surface area contributed by atoms with Crippen molar-refractivity contribution in [3.63, 3.8) is 0 Å². The van der Waals surface area contributed by atoms with E-state index in [1.165, 1.54) is 22.9 Å². The first-order valence-electron chi connectivity index (χ1n) is 6.33. The molecule has 1 heterocycles. The molecule has 0 atom stereocenters. The number of aryl methyl sites for hydroxylation is 1. The van der Waals surface area contributed by atoms with Gasteiger partial charge in [0.15, 0.2) is 0 Å². The highest BCUT2D eigenvalue weighted by atomic mass is 19.1. The Morgan fingerprint density at radius 2 is 2.22 bits per heavy atom. The number of halogens is 1. The Bertz CT molecular complexity index is 608. The second-order valence-electron chi connectivity index (χ2n) is 4.87. The molecular weight excluding hydrogens is 225 g/mol. The molecule has 0 saturated heterocycles. The maximum absolute atomic E-state index is 13.2. The Hall–Kier alpha value is -1.83. The van der Waals surface area contributed by atoms with Crippen LogP contribution in [0.25, 0.3) is 6.08 Å². The molecule has 0 amide bonds. The third-order valence-electron chi connectivity index (χ3n) is 3.52. The number of rotatable bonds is 2. The van der Waals surface area contributed by atoms with E-state index < -0.39 is 0 Å². The summed E-state index contributed by atoms with van der Waals surface area (Å²) in [6, 6.07) is 6.83. The fourth-order valence-electron chi connectivity index (χ4n) is 2.66. The van der Waals surface area contributed by atoms with E-state index in [9.17, 15) is 4.39 Å². The highest BCUT2D eigenvalue weighted by Crippen LogP contribution is 2.25. The molecule has 0 unspecified atom stereocenters. The molecule has 0 radical (unpaired) electrons. The van der Waals surface area contributed by atoms with Crippen molar-refractivity contribution in [2.24, 2.45) is 0 Å². The van der Waals surface area contributed by atoms with Gasteiger partial charge in [-0.15, -0.1) is 0 Å². The molecule has 1 aromatic carbocycles. The second-order valence-corrected chi connectivity index (χ2v) is 4.87. The second kappa shape index (κ2) is 4.45. The zero-order valence-electron chi connectivity index (χ0n) is 10.5. The number of hydrogen-bond donors (Lipinski definition) is 0. The molecule has 1 aliphatic carbocycles. The van der Waals surface area contributed by atoms with Gasteiger partial charge in [0, 0.05) is 18.4 Å². The Morgan fingerprint density at radius 1 is 1.33 bits per heavy atom. The lowest BCUT2D eigenvalue weighted by atomic mass is 10.0. The standard InChI is InChI=1S/C16H16FN/c1-12-10-18(16-8-3-2-7-15(12)16)11-13-5-4-6-14(17)9-13/h3-6,8-10H,2,7,11H2,1H3. The van der Waals surface area contributed by atoms with Gasteiger partial charge >= 0.3 is 0 Å². The Morgan fingerprint density at radius 3 is 3.06 bits per heavy atom. The number of nitrogens with zero attached hydrogens (tertiary/aromatic N) is 1. The van der Waals surface area contributed by atoms with Gasteiger partial charge < -0.3 is 4.57 Å². The van der Waals surface area contributed by atoms with E-state index in [-0.39, 0.29) is 5.82 Å². The first-order chi connectivity index (χ1) is 8.74. The van der Waals surface area contributed by atoms with Gasteiger partial charge in [0.25, 0.3) is 0 Å². The maximum atomic E-state index is 13.2. The van der Waals surface area contributed by atoms with E-state index in [0.717, 1.165) is 24.9 Å². The molecule has 0 bridgehead atoms. The molecule has 2 heteroatoms. The predicted octanol–water partition coefficient (Wildman–Crippen LogP) is 3.94. The summed E-state index contributed by atoms with van der Waals surface area (Å²) in [6.07, 6.45) is 8.81. The predicted molar refractivity (Wildman–Crippen MR) is 72.0 cm³/mol. The van der Waals surface area contributed by atoms with Crippen LogP contribution in [0.3, 0.4) is 0 Å². The fourth-order valence-corrected chi connectivity index (χ4v) is 2.66. The fraction of sp³-hybridized carbons (Fsp3) is 0.250. The minimum atomic E-state index is -0.166. The first-order valence-corrected chi connectivity index (χ1v) is 6.33. The van der Waals surface area contributed by atoms with Crippen LogP contribution >= 0.6 is 0 Å². The SMILES string of the molecule is Cc1cn(Cc2cccc(F)c2)c2c1CCC=C2. The average molecular weight is 241 g/mol. The Balaban J connectivity index is 1.97. The number of aromatic nitrogens is 1. The molecule has 1 nitrogen and oxygen atoms in total. The summed E-state index contributed by atoms with van der Waals surface area (Å²) in [5.41, 5.74) is 5.06. The van der Waals surface area contributed by atoms with Crippen LogP contribution in [0.1, 0.15) is 28.8 Å². The van der Waals surface area contributed by atoms with Gasteiger partial charge in [0.05, 0.1) is 0 Å². The lowest BCUT2D eigenvalue weighted by Gasteiger charge is -2.11. The molecule has 92 valence electrons. The van der Waals surface area contributed by atoms with Crippen LogP contribution in [0.2, 0.25) is 0 Å². The summed E-state index contributed by atoms with van der Waals surface area (Å²) in [5, 5.41) is 0. The number of fused-ring (bicyclic) bond motifs is 1. The van der Waals surface area contributed by atoms with Gasteiger partial charge in [-0.1, -0.05) is 18.2 Å². The molecule has 2 aromatic rings. The molecule has 0 fully saturated rings. The lowest BCUT2D eigenvalue weighted by molar-refractivity contribution is 0.623.